The van der Waals surface area contributed by atoms with Gasteiger partial charge in [0, 0.05) is 17.8 Å². The zero-order chi connectivity index (χ0) is 15.8. The molecule has 2 aromatic rings. The van der Waals surface area contributed by atoms with E-state index in [9.17, 15) is 8.42 Å². The highest BCUT2D eigenvalue weighted by atomic mass is 32.2. The highest BCUT2D eigenvalue weighted by Crippen LogP contribution is 2.27. The summed E-state index contributed by atoms with van der Waals surface area (Å²) in [4.78, 5) is 0.385. The van der Waals surface area contributed by atoms with Gasteiger partial charge in [-0.15, -0.1) is 0 Å². The van der Waals surface area contributed by atoms with Crippen molar-refractivity contribution in [2.24, 2.45) is 0 Å². The lowest BCUT2D eigenvalue weighted by atomic mass is 10.0. The van der Waals surface area contributed by atoms with Crippen LogP contribution in [-0.2, 0) is 10.0 Å². The number of hydrogen-bond donors (Lipinski definition) is 2. The summed E-state index contributed by atoms with van der Waals surface area (Å²) in [5.74, 6) is 0. The van der Waals surface area contributed by atoms with Crippen LogP contribution in [-0.4, -0.2) is 18.6 Å². The van der Waals surface area contributed by atoms with Gasteiger partial charge in [0.1, 0.15) is 0 Å². The zero-order valence-electron chi connectivity index (χ0n) is 13.0. The number of aromatic nitrogens is 2. The number of hydrogen-bond acceptors (Lipinski definition) is 3. The van der Waals surface area contributed by atoms with E-state index in [0.717, 1.165) is 27.8 Å². The summed E-state index contributed by atoms with van der Waals surface area (Å²) in [5, 5.41) is 6.54. The first kappa shape index (κ1) is 15.7. The van der Waals surface area contributed by atoms with Gasteiger partial charge in [-0.3, -0.25) is 5.10 Å². The fourth-order valence-corrected chi connectivity index (χ4v) is 4.29. The Morgan fingerprint density at radius 1 is 1.14 bits per heavy atom. The number of rotatable bonds is 4. The molecule has 0 fully saturated rings. The highest BCUT2D eigenvalue weighted by Gasteiger charge is 2.24. The van der Waals surface area contributed by atoms with Crippen molar-refractivity contribution in [1.82, 2.24) is 14.9 Å². The maximum Gasteiger partial charge on any atom is 0.241 e. The largest absolute Gasteiger partial charge is 0.285 e. The molecule has 1 aromatic carbocycles. The van der Waals surface area contributed by atoms with Crippen molar-refractivity contribution < 1.29 is 8.42 Å². The Labute approximate surface area is 125 Å². The molecule has 114 valence electrons. The molecular formula is C15H21N3O2S. The van der Waals surface area contributed by atoms with Crippen LogP contribution in [0.5, 0.6) is 0 Å². The molecule has 2 N–H and O–H groups in total. The Kier molecular flexibility index (Phi) is 4.20. The number of sulfonamides is 1. The summed E-state index contributed by atoms with van der Waals surface area (Å²) in [6.45, 7) is 9.36. The van der Waals surface area contributed by atoms with Crippen molar-refractivity contribution in [3.05, 3.63) is 46.3 Å². The van der Waals surface area contributed by atoms with E-state index in [2.05, 4.69) is 14.9 Å². The molecule has 0 radical (unpaired) electrons. The molecule has 0 spiro atoms. The quantitative estimate of drug-likeness (QED) is 0.912. The summed E-state index contributed by atoms with van der Waals surface area (Å²) in [6.07, 6.45) is 3.31. The third-order valence-corrected chi connectivity index (χ3v) is 5.73. The van der Waals surface area contributed by atoms with Gasteiger partial charge in [-0.25, -0.2) is 13.1 Å². The van der Waals surface area contributed by atoms with Crippen molar-refractivity contribution in [3.63, 3.8) is 0 Å². The normalized spacial score (nSPS) is 13.4. The standard InChI is InChI=1S/C15H21N3O2S/c1-9-6-10(2)12(4)15(11(9)3)21(19,20)18-13(5)14-7-16-17-8-14/h6-8,13,18H,1-5H3,(H,16,17). The zero-order valence-corrected chi connectivity index (χ0v) is 13.8. The minimum absolute atomic E-state index is 0.339. The lowest BCUT2D eigenvalue weighted by Crippen LogP contribution is -2.28. The van der Waals surface area contributed by atoms with Crippen molar-refractivity contribution in [2.75, 3.05) is 0 Å². The van der Waals surface area contributed by atoms with E-state index < -0.39 is 10.0 Å². The molecule has 0 amide bonds. The van der Waals surface area contributed by atoms with Crippen LogP contribution in [0.4, 0.5) is 0 Å². The van der Waals surface area contributed by atoms with Gasteiger partial charge in [-0.1, -0.05) is 6.07 Å². The predicted molar refractivity (Wildman–Crippen MR) is 82.7 cm³/mol. The molecule has 1 atom stereocenters. The van der Waals surface area contributed by atoms with Crippen molar-refractivity contribution in [3.8, 4) is 0 Å². The van der Waals surface area contributed by atoms with Crippen LogP contribution in [0.3, 0.4) is 0 Å². The minimum atomic E-state index is -3.58. The fourth-order valence-electron chi connectivity index (χ4n) is 2.44. The number of nitrogens with zero attached hydrogens (tertiary/aromatic N) is 1. The molecule has 0 saturated heterocycles. The van der Waals surface area contributed by atoms with E-state index in [1.165, 1.54) is 0 Å². The minimum Gasteiger partial charge on any atom is -0.285 e. The summed E-state index contributed by atoms with van der Waals surface area (Å²) in [7, 11) is -3.58. The van der Waals surface area contributed by atoms with Crippen molar-refractivity contribution >= 4 is 10.0 Å². The SMILES string of the molecule is Cc1cc(C)c(C)c(S(=O)(=O)NC(C)c2cn[nH]c2)c1C. The summed E-state index contributed by atoms with van der Waals surface area (Å²) >= 11 is 0. The third-order valence-electron chi connectivity index (χ3n) is 3.92. The summed E-state index contributed by atoms with van der Waals surface area (Å²) < 4.78 is 28.2. The van der Waals surface area contributed by atoms with E-state index in [1.54, 1.807) is 19.3 Å². The molecule has 1 unspecified atom stereocenters. The van der Waals surface area contributed by atoms with Crippen LogP contribution < -0.4 is 4.72 Å². The molecule has 1 aromatic heterocycles. The topological polar surface area (TPSA) is 74.8 Å². The smallest absolute Gasteiger partial charge is 0.241 e. The molecule has 0 aliphatic carbocycles. The Morgan fingerprint density at radius 3 is 2.19 bits per heavy atom. The van der Waals surface area contributed by atoms with Crippen LogP contribution in [0, 0.1) is 27.7 Å². The first-order valence-corrected chi connectivity index (χ1v) is 8.30. The second kappa shape index (κ2) is 5.61. The van der Waals surface area contributed by atoms with Crippen LogP contribution in [0.25, 0.3) is 0 Å². The lowest BCUT2D eigenvalue weighted by molar-refractivity contribution is 0.565. The first-order chi connectivity index (χ1) is 9.74. The van der Waals surface area contributed by atoms with Crippen molar-refractivity contribution in [1.29, 1.82) is 0 Å². The van der Waals surface area contributed by atoms with Gasteiger partial charge >= 0.3 is 0 Å². The molecule has 1 heterocycles. The maximum absolute atomic E-state index is 12.7. The van der Waals surface area contributed by atoms with E-state index in [-0.39, 0.29) is 6.04 Å². The lowest BCUT2D eigenvalue weighted by Gasteiger charge is -2.18. The average molecular weight is 307 g/mol. The molecule has 5 nitrogen and oxygen atoms in total. The van der Waals surface area contributed by atoms with E-state index in [0.29, 0.717) is 4.90 Å². The number of H-pyrrole nitrogens is 1. The van der Waals surface area contributed by atoms with Crippen LogP contribution >= 0.6 is 0 Å². The van der Waals surface area contributed by atoms with Gasteiger partial charge < -0.3 is 0 Å². The average Bonchev–Trinajstić information content (AvgIpc) is 2.89. The number of aryl methyl sites for hydroxylation is 2. The van der Waals surface area contributed by atoms with Gasteiger partial charge in [0.05, 0.1) is 11.1 Å². The second-order valence-electron chi connectivity index (χ2n) is 5.46. The van der Waals surface area contributed by atoms with Gasteiger partial charge in [-0.2, -0.15) is 5.10 Å². The van der Waals surface area contributed by atoms with Gasteiger partial charge in [-0.05, 0) is 56.9 Å². The molecule has 0 saturated carbocycles. The highest BCUT2D eigenvalue weighted by molar-refractivity contribution is 7.89. The monoisotopic (exact) mass is 307 g/mol. The predicted octanol–water partition coefficient (Wildman–Crippen LogP) is 2.68. The number of aromatic amines is 1. The second-order valence-corrected chi connectivity index (χ2v) is 7.11. The van der Waals surface area contributed by atoms with Crippen LogP contribution in [0.15, 0.2) is 23.4 Å². The Bertz CT molecular complexity index is 723. The van der Waals surface area contributed by atoms with Crippen LogP contribution in [0.1, 0.15) is 40.8 Å². The molecule has 6 heteroatoms. The van der Waals surface area contributed by atoms with E-state index >= 15 is 0 Å². The first-order valence-electron chi connectivity index (χ1n) is 6.82. The third kappa shape index (κ3) is 3.01. The van der Waals surface area contributed by atoms with Crippen LogP contribution in [0.2, 0.25) is 0 Å². The fraction of sp³-hybridized carbons (Fsp3) is 0.400. The van der Waals surface area contributed by atoms with E-state index in [1.807, 2.05) is 33.8 Å². The van der Waals surface area contributed by atoms with Gasteiger partial charge in [0.25, 0.3) is 0 Å². The van der Waals surface area contributed by atoms with E-state index in [4.69, 9.17) is 0 Å². The molecule has 2 rings (SSSR count). The van der Waals surface area contributed by atoms with Gasteiger partial charge in [0.2, 0.25) is 10.0 Å². The molecule has 0 aliphatic rings. The molecular weight excluding hydrogens is 286 g/mol. The molecule has 0 aliphatic heterocycles. The maximum atomic E-state index is 12.7. The molecule has 0 bridgehead atoms. The van der Waals surface area contributed by atoms with Gasteiger partial charge in [0.15, 0.2) is 0 Å². The number of benzene rings is 1. The summed E-state index contributed by atoms with van der Waals surface area (Å²) in [6, 6.07) is 1.68. The Balaban J connectivity index is 2.46. The Hall–Kier alpha value is -1.66. The van der Waals surface area contributed by atoms with Crippen molar-refractivity contribution in [2.45, 2.75) is 45.6 Å². The summed E-state index contributed by atoms with van der Waals surface area (Å²) in [5.41, 5.74) is 4.36. The number of nitrogens with one attached hydrogen (secondary N) is 2. The Morgan fingerprint density at radius 2 is 1.71 bits per heavy atom. The molecule has 21 heavy (non-hydrogen) atoms.